The molecular weight excluding hydrogens is 651 g/mol. The smallest absolute Gasteiger partial charge is 0.0739 e. The van der Waals surface area contributed by atoms with Gasteiger partial charge in [0.25, 0.3) is 0 Å². The van der Waals surface area contributed by atoms with Crippen LogP contribution in [-0.2, 0) is 9.09 Å². The van der Waals surface area contributed by atoms with Crippen LogP contribution in [0.1, 0.15) is 233 Å². The lowest BCUT2D eigenvalue weighted by atomic mass is 10.0. The standard InChI is InChI=1S/2C18H37N.C8H19O4P/c2*1-2-3-4-5-6-7-8-9-10-11-12-13-14-15-16-17-18-19;1-3-5-6-8(4-2)7-12-13(9,10)11/h2*9-10H,2-8,11-19H2,1H3;8H,3-7H2,1-2H3,(H2,9,10,11)/b2*10-9-;. The SMILES string of the molecule is CCCCC(CC)COP(=O)([O-])[O-].CCCCCCCC/C=C\CCCCCCCC[NH3+].CCCCCCCC/C=C\CCCCCCCC[NH3+]. The monoisotopic (exact) mass is 745 g/mol. The zero-order valence-electron chi connectivity index (χ0n) is 35.1. The van der Waals surface area contributed by atoms with Crippen molar-refractivity contribution in [1.29, 1.82) is 0 Å². The largest absolute Gasteiger partial charge is 0.790 e. The zero-order chi connectivity index (χ0) is 38.4. The first-order chi connectivity index (χ1) is 24.8. The molecule has 0 bridgehead atoms. The Balaban J connectivity index is -0.000000692. The van der Waals surface area contributed by atoms with E-state index in [2.05, 4.69) is 61.1 Å². The van der Waals surface area contributed by atoms with Crippen molar-refractivity contribution in [3.05, 3.63) is 24.3 Å². The van der Waals surface area contributed by atoms with Crippen molar-refractivity contribution in [2.75, 3.05) is 19.7 Å². The van der Waals surface area contributed by atoms with Crippen molar-refractivity contribution in [1.82, 2.24) is 0 Å². The van der Waals surface area contributed by atoms with Gasteiger partial charge in [0, 0.05) is 0 Å². The summed E-state index contributed by atoms with van der Waals surface area (Å²) in [6.45, 7) is 10.9. The summed E-state index contributed by atoms with van der Waals surface area (Å²) < 4.78 is 14.4. The molecule has 0 aliphatic heterocycles. The summed E-state index contributed by atoms with van der Waals surface area (Å²) in [6.07, 6.45) is 52.3. The molecule has 7 heteroatoms. The van der Waals surface area contributed by atoms with Gasteiger partial charge in [0.2, 0.25) is 0 Å². The Bertz CT molecular complexity index is 673. The van der Waals surface area contributed by atoms with Gasteiger partial charge in [-0.15, -0.1) is 0 Å². The van der Waals surface area contributed by atoms with Gasteiger partial charge >= 0.3 is 0 Å². The molecule has 0 aromatic rings. The van der Waals surface area contributed by atoms with Crippen molar-refractivity contribution in [2.45, 2.75) is 233 Å². The van der Waals surface area contributed by atoms with Crippen molar-refractivity contribution in [3.8, 4) is 0 Å². The maximum Gasteiger partial charge on any atom is 0.0739 e. The van der Waals surface area contributed by atoms with Gasteiger partial charge in [-0.1, -0.05) is 174 Å². The number of phosphoric ester groups is 1. The molecule has 0 aliphatic rings. The van der Waals surface area contributed by atoms with Crippen molar-refractivity contribution in [2.24, 2.45) is 5.92 Å². The average molecular weight is 745 g/mol. The van der Waals surface area contributed by atoms with Crippen LogP contribution in [0.4, 0.5) is 0 Å². The highest BCUT2D eigenvalue weighted by Crippen LogP contribution is 2.27. The van der Waals surface area contributed by atoms with Crippen molar-refractivity contribution in [3.63, 3.8) is 0 Å². The Morgan fingerprint density at radius 1 is 0.471 bits per heavy atom. The number of rotatable bonds is 37. The van der Waals surface area contributed by atoms with E-state index in [4.69, 9.17) is 0 Å². The molecule has 0 radical (unpaired) electrons. The minimum Gasteiger partial charge on any atom is -0.790 e. The highest BCUT2D eigenvalue weighted by atomic mass is 31.2. The van der Waals surface area contributed by atoms with E-state index in [-0.39, 0.29) is 12.5 Å². The second kappa shape index (κ2) is 49.5. The van der Waals surface area contributed by atoms with Gasteiger partial charge in [0.05, 0.1) is 27.5 Å². The minimum absolute atomic E-state index is 0.0424. The maximum absolute atomic E-state index is 10.2. The van der Waals surface area contributed by atoms with Crippen LogP contribution in [0.25, 0.3) is 0 Å². The van der Waals surface area contributed by atoms with Crippen LogP contribution in [0.15, 0.2) is 24.3 Å². The lowest BCUT2D eigenvalue weighted by Gasteiger charge is -2.30. The van der Waals surface area contributed by atoms with Crippen LogP contribution >= 0.6 is 7.82 Å². The first kappa shape index (κ1) is 54.9. The lowest BCUT2D eigenvalue weighted by Crippen LogP contribution is -2.50. The van der Waals surface area contributed by atoms with Gasteiger partial charge in [-0.25, -0.2) is 0 Å². The van der Waals surface area contributed by atoms with Crippen LogP contribution in [0.5, 0.6) is 0 Å². The van der Waals surface area contributed by atoms with E-state index in [1.165, 1.54) is 180 Å². The number of hydrogen-bond acceptors (Lipinski definition) is 4. The van der Waals surface area contributed by atoms with Gasteiger partial charge < -0.3 is 30.3 Å². The molecule has 0 spiro atoms. The fourth-order valence-corrected chi connectivity index (χ4v) is 6.34. The predicted octanol–water partition coefficient (Wildman–Crippen LogP) is 11.6. The number of unbranched alkanes of at least 4 members (excludes halogenated alkanes) is 25. The lowest BCUT2D eigenvalue weighted by molar-refractivity contribution is -0.368. The van der Waals surface area contributed by atoms with Gasteiger partial charge in [-0.3, -0.25) is 0 Å². The van der Waals surface area contributed by atoms with Crippen molar-refractivity contribution < 1.29 is 30.3 Å². The summed E-state index contributed by atoms with van der Waals surface area (Å²) in [5, 5.41) is 0. The maximum atomic E-state index is 10.2. The summed E-state index contributed by atoms with van der Waals surface area (Å²) in [4.78, 5) is 20.4. The molecule has 6 N–H and O–H groups in total. The summed E-state index contributed by atoms with van der Waals surface area (Å²) in [5.41, 5.74) is 7.76. The minimum atomic E-state index is -4.76. The molecule has 0 rings (SSSR count). The van der Waals surface area contributed by atoms with Crippen LogP contribution in [0.2, 0.25) is 0 Å². The topological polar surface area (TPSA) is 128 Å². The first-order valence-electron chi connectivity index (χ1n) is 22.4. The van der Waals surface area contributed by atoms with Gasteiger partial charge in [-0.05, 0) is 89.4 Å². The zero-order valence-corrected chi connectivity index (χ0v) is 36.0. The van der Waals surface area contributed by atoms with Crippen LogP contribution in [-0.4, -0.2) is 19.7 Å². The molecule has 1 atom stereocenters. The summed E-state index contributed by atoms with van der Waals surface area (Å²) in [6, 6.07) is 0. The van der Waals surface area contributed by atoms with E-state index in [1.54, 1.807) is 0 Å². The Hall–Kier alpha value is -0.490. The van der Waals surface area contributed by atoms with E-state index in [9.17, 15) is 14.4 Å². The Morgan fingerprint density at radius 2 is 0.765 bits per heavy atom. The first-order valence-corrected chi connectivity index (χ1v) is 23.8. The molecule has 0 amide bonds. The predicted molar refractivity (Wildman–Crippen MR) is 221 cm³/mol. The molecule has 0 heterocycles. The number of phosphoric acid groups is 1. The summed E-state index contributed by atoms with van der Waals surface area (Å²) in [7, 11) is -4.76. The Labute approximate surface area is 320 Å². The van der Waals surface area contributed by atoms with E-state index >= 15 is 0 Å². The van der Waals surface area contributed by atoms with E-state index < -0.39 is 7.82 Å². The highest BCUT2D eigenvalue weighted by molar-refractivity contribution is 7.43. The number of allylic oxidation sites excluding steroid dienone is 4. The average Bonchev–Trinajstić information content (AvgIpc) is 3.12. The fourth-order valence-electron chi connectivity index (χ4n) is 5.94. The Kier molecular flexibility index (Phi) is 53.2. The molecule has 0 fully saturated rings. The molecule has 0 aliphatic carbocycles. The third kappa shape index (κ3) is 59.0. The summed E-state index contributed by atoms with van der Waals surface area (Å²) >= 11 is 0. The van der Waals surface area contributed by atoms with Gasteiger partial charge in [0.15, 0.2) is 0 Å². The van der Waals surface area contributed by atoms with Gasteiger partial charge in [-0.2, -0.15) is 0 Å². The molecule has 0 saturated carbocycles. The number of hydrogen-bond donors (Lipinski definition) is 2. The molecular formula is C44H93N2O4P. The van der Waals surface area contributed by atoms with Crippen molar-refractivity contribution >= 4 is 7.82 Å². The highest BCUT2D eigenvalue weighted by Gasteiger charge is 2.06. The second-order valence-corrected chi connectivity index (χ2v) is 15.9. The van der Waals surface area contributed by atoms with E-state index in [1.807, 2.05) is 6.92 Å². The normalized spacial score (nSPS) is 12.2. The van der Waals surface area contributed by atoms with Gasteiger partial charge in [0.1, 0.15) is 0 Å². The third-order valence-electron chi connectivity index (χ3n) is 9.54. The molecule has 0 aromatic heterocycles. The second-order valence-electron chi connectivity index (χ2n) is 14.7. The summed E-state index contributed by atoms with van der Waals surface area (Å²) in [5.74, 6) is 0.191. The molecule has 1 unspecified atom stereocenters. The molecule has 0 saturated heterocycles. The Morgan fingerprint density at radius 3 is 1.04 bits per heavy atom. The quantitative estimate of drug-likeness (QED) is 0.0373. The molecule has 308 valence electrons. The van der Waals surface area contributed by atoms with Crippen LogP contribution in [0, 0.1) is 5.92 Å². The molecule has 51 heavy (non-hydrogen) atoms. The van der Waals surface area contributed by atoms with E-state index in [0.717, 1.165) is 38.8 Å². The molecule has 0 aromatic carbocycles. The fraction of sp³-hybridized carbons (Fsp3) is 0.909. The number of quaternary nitrogens is 2. The van der Waals surface area contributed by atoms with Crippen LogP contribution in [0.3, 0.4) is 0 Å². The van der Waals surface area contributed by atoms with E-state index in [0.29, 0.717) is 0 Å². The third-order valence-corrected chi connectivity index (χ3v) is 10.0. The molecule has 6 nitrogen and oxygen atoms in total. The van der Waals surface area contributed by atoms with Crippen LogP contribution < -0.4 is 21.3 Å².